The van der Waals surface area contributed by atoms with E-state index in [4.69, 9.17) is 9.47 Å². The van der Waals surface area contributed by atoms with Gasteiger partial charge in [-0.3, -0.25) is 4.72 Å². The summed E-state index contributed by atoms with van der Waals surface area (Å²) in [7, 11) is -4.38. The van der Waals surface area contributed by atoms with Crippen molar-refractivity contribution in [3.8, 4) is 33.5 Å². The Morgan fingerprint density at radius 2 is 1.50 bits per heavy atom. The molecule has 3 aromatic heterocycles. The van der Waals surface area contributed by atoms with Crippen LogP contribution in [0.3, 0.4) is 0 Å². The molecular weight excluding hydrogens is 640 g/mol. The maximum atomic E-state index is 14.0. The van der Waals surface area contributed by atoms with Crippen molar-refractivity contribution in [2.75, 3.05) is 17.9 Å². The van der Waals surface area contributed by atoms with Crippen molar-refractivity contribution < 1.29 is 31.1 Å². The first-order valence-electron chi connectivity index (χ1n) is 14.0. The third-order valence-electron chi connectivity index (χ3n) is 6.72. The average molecular weight is 670 g/mol. The van der Waals surface area contributed by atoms with Gasteiger partial charge >= 0.3 is 12.2 Å². The molecule has 240 valence electrons. The summed E-state index contributed by atoms with van der Waals surface area (Å²) >= 11 is 1.53. The zero-order valence-corrected chi connectivity index (χ0v) is 26.9. The first kappa shape index (κ1) is 32.8. The summed E-state index contributed by atoms with van der Waals surface area (Å²) in [6, 6.07) is 16.7. The van der Waals surface area contributed by atoms with Crippen molar-refractivity contribution in [2.24, 2.45) is 0 Å². The summed E-state index contributed by atoms with van der Waals surface area (Å²) in [4.78, 5) is 16.4. The first-order valence-corrected chi connectivity index (χ1v) is 16.4. The lowest BCUT2D eigenvalue weighted by molar-refractivity contribution is -0.145. The van der Waals surface area contributed by atoms with Crippen LogP contribution in [0.2, 0.25) is 0 Å². The molecule has 5 rings (SSSR count). The Morgan fingerprint density at radius 1 is 0.848 bits per heavy atom. The molecule has 0 aliphatic heterocycles. The van der Waals surface area contributed by atoms with Gasteiger partial charge in [0, 0.05) is 22.8 Å². The fraction of sp³-hybridized carbons (Fsp3) is 0.250. The molecule has 5 aromatic rings. The summed E-state index contributed by atoms with van der Waals surface area (Å²) in [6.45, 7) is 7.36. The molecule has 0 spiro atoms. The van der Waals surface area contributed by atoms with Crippen LogP contribution in [-0.4, -0.2) is 41.6 Å². The van der Waals surface area contributed by atoms with Gasteiger partial charge in [0.05, 0.1) is 10.5 Å². The molecule has 0 amide bonds. The minimum atomic E-state index is -5.01. The van der Waals surface area contributed by atoms with Gasteiger partial charge in [0.25, 0.3) is 10.0 Å². The number of rotatable bonds is 10. The highest BCUT2D eigenvalue weighted by molar-refractivity contribution is 7.92. The van der Waals surface area contributed by atoms with Crippen LogP contribution in [0.1, 0.15) is 37.7 Å². The SMILES string of the molecule is Cc1ccc(-c2c(NS(=O)(=O)c3ccc(C(C)(C)C)cc3)nc(C(F)(F)F)nc2OCCOc2ncc(-c3cccs3)cn2)cc1. The molecule has 0 saturated heterocycles. The average Bonchev–Trinajstić information content (AvgIpc) is 3.54. The highest BCUT2D eigenvalue weighted by atomic mass is 32.2. The van der Waals surface area contributed by atoms with Crippen LogP contribution in [0.5, 0.6) is 11.9 Å². The molecule has 0 unspecified atom stereocenters. The Hall–Kier alpha value is -4.56. The zero-order chi connectivity index (χ0) is 33.1. The zero-order valence-electron chi connectivity index (χ0n) is 25.3. The van der Waals surface area contributed by atoms with Gasteiger partial charge in [0.15, 0.2) is 5.82 Å². The van der Waals surface area contributed by atoms with E-state index in [0.29, 0.717) is 5.56 Å². The molecule has 0 saturated carbocycles. The number of nitrogens with zero attached hydrogens (tertiary/aromatic N) is 4. The topological polar surface area (TPSA) is 116 Å². The van der Waals surface area contributed by atoms with Crippen molar-refractivity contribution in [2.45, 2.75) is 44.2 Å². The molecular formula is C32H30F3N5O4S2. The summed E-state index contributed by atoms with van der Waals surface area (Å²) in [6.07, 6.45) is -1.81. The number of sulfonamides is 1. The predicted molar refractivity (Wildman–Crippen MR) is 169 cm³/mol. The Labute approximate surface area is 268 Å². The second-order valence-corrected chi connectivity index (χ2v) is 13.9. The number of hydrogen-bond donors (Lipinski definition) is 1. The second-order valence-electron chi connectivity index (χ2n) is 11.2. The number of aromatic nitrogens is 4. The molecule has 46 heavy (non-hydrogen) atoms. The summed E-state index contributed by atoms with van der Waals surface area (Å²) < 4.78 is 82.4. The molecule has 0 fully saturated rings. The van der Waals surface area contributed by atoms with Crippen LogP contribution < -0.4 is 14.2 Å². The maximum Gasteiger partial charge on any atom is 0.451 e. The van der Waals surface area contributed by atoms with Gasteiger partial charge < -0.3 is 9.47 Å². The van der Waals surface area contributed by atoms with Gasteiger partial charge in [-0.1, -0.05) is 68.8 Å². The highest BCUT2D eigenvalue weighted by Crippen LogP contribution is 2.39. The third kappa shape index (κ3) is 7.80. The van der Waals surface area contributed by atoms with E-state index in [0.717, 1.165) is 21.6 Å². The molecule has 9 nitrogen and oxygen atoms in total. The quantitative estimate of drug-likeness (QED) is 0.152. The van der Waals surface area contributed by atoms with E-state index < -0.39 is 33.7 Å². The van der Waals surface area contributed by atoms with Gasteiger partial charge in [-0.25, -0.2) is 23.4 Å². The molecule has 0 radical (unpaired) electrons. The van der Waals surface area contributed by atoms with E-state index >= 15 is 0 Å². The van der Waals surface area contributed by atoms with Gasteiger partial charge in [-0.2, -0.15) is 18.2 Å². The van der Waals surface area contributed by atoms with Crippen LogP contribution in [-0.2, 0) is 21.6 Å². The Morgan fingerprint density at radius 3 is 2.09 bits per heavy atom. The molecule has 0 aliphatic rings. The maximum absolute atomic E-state index is 14.0. The molecule has 2 aromatic carbocycles. The summed E-state index contributed by atoms with van der Waals surface area (Å²) in [5, 5.41) is 1.93. The molecule has 0 atom stereocenters. The number of benzene rings is 2. The monoisotopic (exact) mass is 669 g/mol. The van der Waals surface area contributed by atoms with Crippen molar-refractivity contribution >= 4 is 27.2 Å². The smallest absolute Gasteiger partial charge is 0.451 e. The predicted octanol–water partition coefficient (Wildman–Crippen LogP) is 7.55. The number of thiophene rings is 1. The van der Waals surface area contributed by atoms with Gasteiger partial charge in [0.1, 0.15) is 13.2 Å². The van der Waals surface area contributed by atoms with E-state index in [9.17, 15) is 21.6 Å². The number of anilines is 1. The van der Waals surface area contributed by atoms with E-state index in [-0.39, 0.29) is 35.1 Å². The Balaban J connectivity index is 1.45. The van der Waals surface area contributed by atoms with Gasteiger partial charge in [-0.15, -0.1) is 11.3 Å². The van der Waals surface area contributed by atoms with Crippen LogP contribution in [0.4, 0.5) is 19.0 Å². The lowest BCUT2D eigenvalue weighted by atomic mass is 9.87. The minimum absolute atomic E-state index is 0.0484. The summed E-state index contributed by atoms with van der Waals surface area (Å²) in [5.74, 6) is -2.65. The Bertz CT molecular complexity index is 1890. The third-order valence-corrected chi connectivity index (χ3v) is 8.99. The highest BCUT2D eigenvalue weighted by Gasteiger charge is 2.38. The fourth-order valence-electron chi connectivity index (χ4n) is 4.28. The lowest BCUT2D eigenvalue weighted by Crippen LogP contribution is -2.20. The van der Waals surface area contributed by atoms with E-state index in [2.05, 4.69) is 24.7 Å². The normalized spacial score (nSPS) is 12.2. The van der Waals surface area contributed by atoms with Crippen LogP contribution in [0, 0.1) is 6.92 Å². The van der Waals surface area contributed by atoms with E-state index in [1.54, 1.807) is 48.8 Å². The van der Waals surface area contributed by atoms with Crippen molar-refractivity contribution in [1.29, 1.82) is 0 Å². The van der Waals surface area contributed by atoms with Crippen molar-refractivity contribution in [3.63, 3.8) is 0 Å². The number of aryl methyl sites for hydroxylation is 1. The molecule has 14 heteroatoms. The van der Waals surface area contributed by atoms with E-state index in [1.807, 2.05) is 45.2 Å². The largest absolute Gasteiger partial charge is 0.473 e. The van der Waals surface area contributed by atoms with Crippen LogP contribution in [0.25, 0.3) is 21.6 Å². The molecule has 3 heterocycles. The molecule has 1 N–H and O–H groups in total. The lowest BCUT2D eigenvalue weighted by Gasteiger charge is -2.20. The van der Waals surface area contributed by atoms with Gasteiger partial charge in [-0.05, 0) is 47.0 Å². The van der Waals surface area contributed by atoms with Crippen molar-refractivity contribution in [3.05, 3.63) is 95.4 Å². The molecule has 0 aliphatic carbocycles. The van der Waals surface area contributed by atoms with Crippen LogP contribution >= 0.6 is 11.3 Å². The molecule has 0 bridgehead atoms. The van der Waals surface area contributed by atoms with E-state index in [1.165, 1.54) is 23.5 Å². The first-order chi connectivity index (χ1) is 21.7. The number of ether oxygens (including phenoxy) is 2. The number of halogens is 3. The Kier molecular flexibility index (Phi) is 9.31. The van der Waals surface area contributed by atoms with Gasteiger partial charge in [0.2, 0.25) is 11.7 Å². The number of nitrogens with one attached hydrogen (secondary N) is 1. The minimum Gasteiger partial charge on any atom is -0.473 e. The fourth-order valence-corrected chi connectivity index (χ4v) is 5.99. The number of hydrogen-bond acceptors (Lipinski definition) is 9. The standard InChI is InChI=1S/C32H30F3N5O4S2/c1-20-7-9-21(10-8-20)26-27(40-46(41,42)24-13-11-23(12-14-24)31(2,3)4)38-29(32(33,34)35)39-28(26)43-15-16-44-30-36-18-22(19-37-30)25-6-5-17-45-25/h5-14,17-19H,15-16H2,1-4H3,(H,38,39,40). The van der Waals surface area contributed by atoms with Crippen molar-refractivity contribution in [1.82, 2.24) is 19.9 Å². The number of alkyl halides is 3. The second kappa shape index (κ2) is 13.0. The summed E-state index contributed by atoms with van der Waals surface area (Å²) in [5.41, 5.74) is 2.59. The van der Waals surface area contributed by atoms with Crippen LogP contribution in [0.15, 0.2) is 83.3 Å².